The zero-order chi connectivity index (χ0) is 24.6. The highest BCUT2D eigenvalue weighted by molar-refractivity contribution is 7.71. The number of methoxy groups -OCH3 is 1. The Morgan fingerprint density at radius 2 is 1.80 bits per heavy atom. The van der Waals surface area contributed by atoms with Gasteiger partial charge in [0.1, 0.15) is 11.5 Å². The van der Waals surface area contributed by atoms with Crippen LogP contribution in [0.2, 0.25) is 0 Å². The van der Waals surface area contributed by atoms with E-state index in [0.29, 0.717) is 41.9 Å². The third kappa shape index (κ3) is 7.16. The van der Waals surface area contributed by atoms with Crippen molar-refractivity contribution in [2.45, 2.75) is 38.3 Å². The lowest BCUT2D eigenvalue weighted by atomic mass is 10.1. The van der Waals surface area contributed by atoms with Crippen LogP contribution in [0.5, 0.6) is 11.5 Å². The number of carbonyl (C=O) groups is 2. The third-order valence-electron chi connectivity index (χ3n) is 5.64. The molecule has 1 aromatic heterocycles. The van der Waals surface area contributed by atoms with Crippen LogP contribution >= 0.6 is 12.2 Å². The number of H-pyrrole nitrogens is 1. The molecule has 2 amide bonds. The maximum absolute atomic E-state index is 12.4. The Morgan fingerprint density at radius 1 is 1.09 bits per heavy atom. The standard InChI is InChI=1S/C25H29N5O4S/c1-33-20-10-4-18(5-11-20)24-28-29-25(35)30(24)15-13-22(31)26-14-12-17-2-8-21(9-3-17)34-16-23(32)27-19-6-7-19/h2-5,8-11,19H,6-7,12-16H2,1H3,(H,26,31)(H,27,32)(H,29,35). The van der Waals surface area contributed by atoms with E-state index in [-0.39, 0.29) is 24.8 Å². The molecule has 1 heterocycles. The van der Waals surface area contributed by atoms with Crippen LogP contribution in [0.4, 0.5) is 0 Å². The van der Waals surface area contributed by atoms with E-state index in [2.05, 4.69) is 20.8 Å². The number of aromatic nitrogens is 3. The van der Waals surface area contributed by atoms with Gasteiger partial charge in [-0.3, -0.25) is 19.3 Å². The molecule has 0 saturated heterocycles. The maximum atomic E-state index is 12.4. The summed E-state index contributed by atoms with van der Waals surface area (Å²) in [6, 6.07) is 15.4. The van der Waals surface area contributed by atoms with Crippen LogP contribution in [0, 0.1) is 4.77 Å². The van der Waals surface area contributed by atoms with Crippen molar-refractivity contribution in [2.24, 2.45) is 0 Å². The molecule has 1 saturated carbocycles. The van der Waals surface area contributed by atoms with Crippen LogP contribution in [0.25, 0.3) is 11.4 Å². The summed E-state index contributed by atoms with van der Waals surface area (Å²) >= 11 is 5.35. The van der Waals surface area contributed by atoms with Crippen molar-refractivity contribution in [3.8, 4) is 22.9 Å². The summed E-state index contributed by atoms with van der Waals surface area (Å²) in [5, 5.41) is 12.9. The number of rotatable bonds is 12. The van der Waals surface area contributed by atoms with Gasteiger partial charge in [-0.05, 0) is 73.4 Å². The van der Waals surface area contributed by atoms with Gasteiger partial charge in [0.2, 0.25) is 5.91 Å². The summed E-state index contributed by atoms with van der Waals surface area (Å²) in [4.78, 5) is 24.1. The molecule has 3 aromatic rings. The molecule has 184 valence electrons. The molecule has 1 aliphatic carbocycles. The highest BCUT2D eigenvalue weighted by Crippen LogP contribution is 2.21. The molecule has 3 N–H and O–H groups in total. The summed E-state index contributed by atoms with van der Waals surface area (Å²) in [5.41, 5.74) is 1.95. The second-order valence-corrected chi connectivity index (χ2v) is 8.74. The van der Waals surface area contributed by atoms with Gasteiger partial charge in [-0.15, -0.1) is 0 Å². The second-order valence-electron chi connectivity index (χ2n) is 8.36. The van der Waals surface area contributed by atoms with E-state index in [1.54, 1.807) is 7.11 Å². The van der Waals surface area contributed by atoms with Crippen molar-refractivity contribution in [2.75, 3.05) is 20.3 Å². The topological polar surface area (TPSA) is 110 Å². The smallest absolute Gasteiger partial charge is 0.258 e. The zero-order valence-electron chi connectivity index (χ0n) is 19.6. The second kappa shape index (κ2) is 11.7. The molecule has 35 heavy (non-hydrogen) atoms. The molecular weight excluding hydrogens is 466 g/mol. The Bertz CT molecular complexity index is 1200. The summed E-state index contributed by atoms with van der Waals surface area (Å²) < 4.78 is 13.0. The fourth-order valence-electron chi connectivity index (χ4n) is 3.53. The van der Waals surface area contributed by atoms with E-state index in [1.807, 2.05) is 53.1 Å². The average molecular weight is 496 g/mol. The minimum atomic E-state index is -0.0906. The van der Waals surface area contributed by atoms with E-state index in [1.165, 1.54) is 0 Å². The summed E-state index contributed by atoms with van der Waals surface area (Å²) in [5.74, 6) is 1.93. The average Bonchev–Trinajstić information content (AvgIpc) is 3.61. The first-order chi connectivity index (χ1) is 17.0. The summed E-state index contributed by atoms with van der Waals surface area (Å²) in [6.07, 6.45) is 3.08. The molecule has 0 bridgehead atoms. The minimum Gasteiger partial charge on any atom is -0.497 e. The number of hydrogen-bond acceptors (Lipinski definition) is 6. The molecule has 1 aliphatic rings. The molecule has 0 aliphatic heterocycles. The normalized spacial score (nSPS) is 12.7. The highest BCUT2D eigenvalue weighted by atomic mass is 32.1. The summed E-state index contributed by atoms with van der Waals surface area (Å²) in [7, 11) is 1.62. The molecular formula is C25H29N5O4S. The van der Waals surface area contributed by atoms with Crippen LogP contribution in [-0.2, 0) is 22.6 Å². The number of amides is 2. The Hall–Kier alpha value is -3.66. The van der Waals surface area contributed by atoms with Crippen LogP contribution in [-0.4, -0.2) is 52.9 Å². The van der Waals surface area contributed by atoms with Gasteiger partial charge in [0.25, 0.3) is 5.91 Å². The largest absolute Gasteiger partial charge is 0.497 e. The number of hydrogen-bond donors (Lipinski definition) is 3. The maximum Gasteiger partial charge on any atom is 0.258 e. The SMILES string of the molecule is COc1ccc(-c2n[nH]c(=S)n2CCC(=O)NCCc2ccc(OCC(=O)NC3CC3)cc2)cc1. The van der Waals surface area contributed by atoms with Crippen molar-refractivity contribution in [1.82, 2.24) is 25.4 Å². The first-order valence-electron chi connectivity index (χ1n) is 11.6. The monoisotopic (exact) mass is 495 g/mol. The Morgan fingerprint density at radius 3 is 2.49 bits per heavy atom. The lowest BCUT2D eigenvalue weighted by molar-refractivity contribution is -0.123. The predicted octanol–water partition coefficient (Wildman–Crippen LogP) is 3.02. The van der Waals surface area contributed by atoms with Gasteiger partial charge in [-0.25, -0.2) is 0 Å². The molecule has 0 radical (unpaired) electrons. The Balaban J connectivity index is 1.20. The molecule has 0 unspecified atom stereocenters. The van der Waals surface area contributed by atoms with Crippen LogP contribution < -0.4 is 20.1 Å². The number of benzene rings is 2. The minimum absolute atomic E-state index is 0.0206. The van der Waals surface area contributed by atoms with Gasteiger partial charge in [-0.2, -0.15) is 5.10 Å². The van der Waals surface area contributed by atoms with Crippen molar-refractivity contribution in [3.63, 3.8) is 0 Å². The van der Waals surface area contributed by atoms with E-state index in [0.717, 1.165) is 29.7 Å². The summed E-state index contributed by atoms with van der Waals surface area (Å²) in [6.45, 7) is 0.959. The molecule has 0 spiro atoms. The number of carbonyl (C=O) groups excluding carboxylic acids is 2. The first kappa shape index (κ1) is 24.5. The molecule has 1 fully saturated rings. The molecule has 10 heteroatoms. The van der Waals surface area contributed by atoms with Crippen LogP contribution in [0.15, 0.2) is 48.5 Å². The predicted molar refractivity (Wildman–Crippen MR) is 134 cm³/mol. The van der Waals surface area contributed by atoms with Crippen molar-refractivity contribution < 1.29 is 19.1 Å². The fraction of sp³-hybridized carbons (Fsp3) is 0.360. The highest BCUT2D eigenvalue weighted by Gasteiger charge is 2.23. The van der Waals surface area contributed by atoms with Crippen molar-refractivity contribution in [1.29, 1.82) is 0 Å². The van der Waals surface area contributed by atoms with Crippen molar-refractivity contribution >= 4 is 24.0 Å². The lowest BCUT2D eigenvalue weighted by Crippen LogP contribution is -2.30. The number of nitrogens with zero attached hydrogens (tertiary/aromatic N) is 2. The van der Waals surface area contributed by atoms with Gasteiger partial charge >= 0.3 is 0 Å². The van der Waals surface area contributed by atoms with Gasteiger partial charge in [0, 0.05) is 31.1 Å². The Kier molecular flexibility index (Phi) is 8.15. The van der Waals surface area contributed by atoms with E-state index in [4.69, 9.17) is 21.7 Å². The Labute approximate surface area is 208 Å². The van der Waals surface area contributed by atoms with Gasteiger partial charge in [0.15, 0.2) is 17.2 Å². The number of ether oxygens (including phenoxy) is 2. The molecule has 2 aromatic carbocycles. The van der Waals surface area contributed by atoms with Crippen molar-refractivity contribution in [3.05, 3.63) is 58.9 Å². The van der Waals surface area contributed by atoms with Gasteiger partial charge < -0.3 is 20.1 Å². The molecule has 4 rings (SSSR count). The van der Waals surface area contributed by atoms with Crippen LogP contribution in [0.3, 0.4) is 0 Å². The van der Waals surface area contributed by atoms with E-state index < -0.39 is 0 Å². The zero-order valence-corrected chi connectivity index (χ0v) is 20.4. The lowest BCUT2D eigenvalue weighted by Gasteiger charge is -2.09. The fourth-order valence-corrected chi connectivity index (χ4v) is 3.76. The van der Waals surface area contributed by atoms with E-state index in [9.17, 15) is 9.59 Å². The molecule has 9 nitrogen and oxygen atoms in total. The number of aromatic amines is 1. The van der Waals surface area contributed by atoms with Crippen LogP contribution in [0.1, 0.15) is 24.8 Å². The quantitative estimate of drug-likeness (QED) is 0.333. The number of nitrogens with one attached hydrogen (secondary N) is 3. The van der Waals surface area contributed by atoms with Gasteiger partial charge in [-0.1, -0.05) is 12.1 Å². The van der Waals surface area contributed by atoms with Gasteiger partial charge in [0.05, 0.1) is 7.11 Å². The van der Waals surface area contributed by atoms with E-state index >= 15 is 0 Å². The third-order valence-corrected chi connectivity index (χ3v) is 5.95. The first-order valence-corrected chi connectivity index (χ1v) is 12.0. The molecule has 0 atom stereocenters.